The van der Waals surface area contributed by atoms with Crippen molar-refractivity contribution in [1.82, 2.24) is 14.5 Å². The number of carbonyl (C=O) groups excluding carboxylic acids is 1. The minimum atomic E-state index is -0.638. The number of fused-ring (bicyclic) bond motifs is 1. The first-order valence-corrected chi connectivity index (χ1v) is 11.0. The van der Waals surface area contributed by atoms with Crippen molar-refractivity contribution in [2.45, 2.75) is 78.0 Å². The van der Waals surface area contributed by atoms with Crippen LogP contribution in [0.25, 0.3) is 10.2 Å². The van der Waals surface area contributed by atoms with Crippen LogP contribution in [0.2, 0.25) is 0 Å². The first-order chi connectivity index (χ1) is 13.3. The maximum absolute atomic E-state index is 13.5. The molecule has 2 aromatic heterocycles. The Morgan fingerprint density at radius 3 is 2.57 bits per heavy atom. The van der Waals surface area contributed by atoms with E-state index in [0.717, 1.165) is 41.0 Å². The third-order valence-corrected chi connectivity index (χ3v) is 6.67. The molecule has 1 saturated carbocycles. The number of esters is 1. The van der Waals surface area contributed by atoms with Crippen LogP contribution in [0.3, 0.4) is 0 Å². The van der Waals surface area contributed by atoms with E-state index in [1.54, 1.807) is 4.57 Å². The molecule has 1 unspecified atom stereocenters. The summed E-state index contributed by atoms with van der Waals surface area (Å²) >= 11 is 1.54. The van der Waals surface area contributed by atoms with Gasteiger partial charge in [0.25, 0.3) is 5.56 Å². The van der Waals surface area contributed by atoms with Gasteiger partial charge in [-0.2, -0.15) is 0 Å². The first-order valence-electron chi connectivity index (χ1n) is 10.2. The van der Waals surface area contributed by atoms with Gasteiger partial charge in [-0.25, -0.2) is 9.78 Å². The molecule has 2 aromatic rings. The normalized spacial score (nSPS) is 16.6. The lowest BCUT2D eigenvalue weighted by Crippen LogP contribution is -2.37. The summed E-state index contributed by atoms with van der Waals surface area (Å²) in [6.45, 7) is 6.38. The predicted molar refractivity (Wildman–Crippen MR) is 113 cm³/mol. The van der Waals surface area contributed by atoms with Crippen molar-refractivity contribution < 1.29 is 9.53 Å². The molecule has 1 aliphatic carbocycles. The Kier molecular flexibility index (Phi) is 6.55. The van der Waals surface area contributed by atoms with Crippen molar-refractivity contribution in [3.63, 3.8) is 0 Å². The fourth-order valence-electron chi connectivity index (χ4n) is 3.94. The van der Waals surface area contributed by atoms with E-state index >= 15 is 0 Å². The molecular weight excluding hydrogens is 374 g/mol. The largest absolute Gasteiger partial charge is 0.461 e. The maximum Gasteiger partial charge on any atom is 0.329 e. The minimum absolute atomic E-state index is 0.0230. The summed E-state index contributed by atoms with van der Waals surface area (Å²) in [5, 5.41) is 0.633. The molecule has 0 bridgehead atoms. The van der Waals surface area contributed by atoms with E-state index in [2.05, 4.69) is 0 Å². The van der Waals surface area contributed by atoms with E-state index < -0.39 is 6.04 Å². The van der Waals surface area contributed by atoms with Gasteiger partial charge in [-0.05, 0) is 65.6 Å². The quantitative estimate of drug-likeness (QED) is 0.681. The molecule has 6 nitrogen and oxygen atoms in total. The summed E-state index contributed by atoms with van der Waals surface area (Å²) in [4.78, 5) is 35.1. The molecule has 0 aromatic carbocycles. The summed E-state index contributed by atoms with van der Waals surface area (Å²) in [7, 11) is 3.87. The smallest absolute Gasteiger partial charge is 0.329 e. The van der Waals surface area contributed by atoms with Crippen molar-refractivity contribution in [3.05, 3.63) is 26.6 Å². The molecule has 0 N–H and O–H groups in total. The van der Waals surface area contributed by atoms with Crippen molar-refractivity contribution in [3.8, 4) is 0 Å². The molecule has 1 atom stereocenters. The molecule has 0 amide bonds. The molecule has 0 spiro atoms. The third-order valence-electron chi connectivity index (χ3n) is 5.57. The Labute approximate surface area is 170 Å². The van der Waals surface area contributed by atoms with Gasteiger partial charge in [0.15, 0.2) is 0 Å². The van der Waals surface area contributed by atoms with Gasteiger partial charge in [0, 0.05) is 4.88 Å². The van der Waals surface area contributed by atoms with Gasteiger partial charge in [-0.1, -0.05) is 13.3 Å². The molecule has 2 heterocycles. The fourth-order valence-corrected chi connectivity index (χ4v) is 4.98. The van der Waals surface area contributed by atoms with E-state index in [9.17, 15) is 9.59 Å². The van der Waals surface area contributed by atoms with Crippen LogP contribution in [0.15, 0.2) is 4.79 Å². The zero-order chi connectivity index (χ0) is 20.4. The van der Waals surface area contributed by atoms with Gasteiger partial charge < -0.3 is 9.64 Å². The van der Waals surface area contributed by atoms with Crippen LogP contribution in [-0.4, -0.2) is 40.6 Å². The van der Waals surface area contributed by atoms with Gasteiger partial charge in [-0.15, -0.1) is 11.3 Å². The molecule has 0 radical (unpaired) electrons. The first kappa shape index (κ1) is 21.0. The summed E-state index contributed by atoms with van der Waals surface area (Å²) in [5.41, 5.74) is 0.828. The lowest BCUT2D eigenvalue weighted by molar-refractivity contribution is -0.155. The number of aromatic nitrogens is 2. The van der Waals surface area contributed by atoms with Crippen LogP contribution in [-0.2, 0) is 16.1 Å². The zero-order valence-electron chi connectivity index (χ0n) is 17.6. The molecule has 154 valence electrons. The second-order valence-electron chi connectivity index (χ2n) is 8.03. The second kappa shape index (κ2) is 8.74. The number of ether oxygens (including phenoxy) is 1. The number of rotatable bonds is 6. The number of hydrogen-bond donors (Lipinski definition) is 0. The number of aryl methyl sites for hydroxylation is 2. The van der Waals surface area contributed by atoms with Gasteiger partial charge >= 0.3 is 5.97 Å². The summed E-state index contributed by atoms with van der Waals surface area (Å²) < 4.78 is 7.41. The van der Waals surface area contributed by atoms with Crippen molar-refractivity contribution in [2.24, 2.45) is 0 Å². The SMILES string of the molecule is CCC(C(=O)OC1CCCCC1)n1c(CN(C)C)nc2sc(C)c(C)c2c1=O. The highest BCUT2D eigenvalue weighted by molar-refractivity contribution is 7.18. The number of hydrogen-bond acceptors (Lipinski definition) is 6. The van der Waals surface area contributed by atoms with Crippen LogP contribution in [0.1, 0.15) is 67.8 Å². The highest BCUT2D eigenvalue weighted by Gasteiger charge is 2.29. The molecule has 3 rings (SSSR count). The van der Waals surface area contributed by atoms with Crippen molar-refractivity contribution >= 4 is 27.5 Å². The van der Waals surface area contributed by atoms with Gasteiger partial charge in [0.05, 0.1) is 11.9 Å². The topological polar surface area (TPSA) is 64.4 Å². The van der Waals surface area contributed by atoms with Crippen LogP contribution < -0.4 is 5.56 Å². The Hall–Kier alpha value is -1.73. The Morgan fingerprint density at radius 1 is 1.29 bits per heavy atom. The molecular formula is C21H31N3O3S. The van der Waals surface area contributed by atoms with Gasteiger partial charge in [0.2, 0.25) is 0 Å². The second-order valence-corrected chi connectivity index (χ2v) is 9.23. The molecule has 0 saturated heterocycles. The number of thiophene rings is 1. The van der Waals surface area contributed by atoms with Gasteiger partial charge in [-0.3, -0.25) is 9.36 Å². The Balaban J connectivity index is 2.06. The van der Waals surface area contributed by atoms with Crippen LogP contribution >= 0.6 is 11.3 Å². The average Bonchev–Trinajstić information content (AvgIpc) is 2.92. The van der Waals surface area contributed by atoms with Gasteiger partial charge in [0.1, 0.15) is 22.8 Å². The summed E-state index contributed by atoms with van der Waals surface area (Å²) in [5.74, 6) is 0.318. The van der Waals surface area contributed by atoms with E-state index in [4.69, 9.17) is 9.72 Å². The fraction of sp³-hybridized carbons (Fsp3) is 0.667. The molecule has 1 fully saturated rings. The Bertz CT molecular complexity index is 910. The number of carbonyl (C=O) groups is 1. The summed E-state index contributed by atoms with van der Waals surface area (Å²) in [6, 6.07) is -0.638. The standard InChI is InChI=1S/C21H31N3O3S/c1-6-16(21(26)27-15-10-8-7-9-11-15)24-17(12-23(4)5)22-19-18(20(24)25)13(2)14(3)28-19/h15-16H,6-12H2,1-5H3. The molecule has 0 aliphatic heterocycles. The Morgan fingerprint density at radius 2 is 1.96 bits per heavy atom. The van der Waals surface area contributed by atoms with Crippen LogP contribution in [0.5, 0.6) is 0 Å². The minimum Gasteiger partial charge on any atom is -0.461 e. The highest BCUT2D eigenvalue weighted by atomic mass is 32.1. The highest BCUT2D eigenvalue weighted by Crippen LogP contribution is 2.28. The van der Waals surface area contributed by atoms with Crippen molar-refractivity contribution in [2.75, 3.05) is 14.1 Å². The summed E-state index contributed by atoms with van der Waals surface area (Å²) in [6.07, 6.45) is 5.72. The molecule has 1 aliphatic rings. The molecule has 28 heavy (non-hydrogen) atoms. The average molecular weight is 406 g/mol. The predicted octanol–water partition coefficient (Wildman–Crippen LogP) is 3.96. The maximum atomic E-state index is 13.5. The third kappa shape index (κ3) is 4.15. The van der Waals surface area contributed by atoms with E-state index in [1.807, 2.05) is 39.8 Å². The lowest BCUT2D eigenvalue weighted by Gasteiger charge is -2.26. The zero-order valence-corrected chi connectivity index (χ0v) is 18.4. The van der Waals surface area contributed by atoms with E-state index in [-0.39, 0.29) is 17.6 Å². The lowest BCUT2D eigenvalue weighted by atomic mass is 9.98. The van der Waals surface area contributed by atoms with Crippen LogP contribution in [0, 0.1) is 13.8 Å². The van der Waals surface area contributed by atoms with E-state index in [1.165, 1.54) is 17.8 Å². The number of nitrogens with zero attached hydrogens (tertiary/aromatic N) is 3. The van der Waals surface area contributed by atoms with Crippen molar-refractivity contribution in [1.29, 1.82) is 0 Å². The molecule has 7 heteroatoms. The van der Waals surface area contributed by atoms with Crippen LogP contribution in [0.4, 0.5) is 0 Å². The van der Waals surface area contributed by atoms with E-state index in [0.29, 0.717) is 24.2 Å². The monoisotopic (exact) mass is 405 g/mol.